The van der Waals surface area contributed by atoms with Gasteiger partial charge in [-0.25, -0.2) is 4.39 Å². The fourth-order valence-corrected chi connectivity index (χ4v) is 3.44. The highest BCUT2D eigenvalue weighted by Gasteiger charge is 2.14. The summed E-state index contributed by atoms with van der Waals surface area (Å²) in [5.74, 6) is 2.26. The molecule has 0 fully saturated rings. The van der Waals surface area contributed by atoms with E-state index in [1.54, 1.807) is 19.2 Å². The van der Waals surface area contributed by atoms with E-state index < -0.39 is 0 Å². The van der Waals surface area contributed by atoms with Crippen molar-refractivity contribution in [1.82, 2.24) is 5.32 Å². The van der Waals surface area contributed by atoms with Crippen molar-refractivity contribution in [2.24, 2.45) is 0 Å². The molecular formula is C23H21ClFNO4. The summed E-state index contributed by atoms with van der Waals surface area (Å²) in [5, 5.41) is 3.84. The number of hydrogen-bond acceptors (Lipinski definition) is 5. The Morgan fingerprint density at radius 3 is 2.47 bits per heavy atom. The lowest BCUT2D eigenvalue weighted by atomic mass is 10.1. The molecule has 0 amide bonds. The Bertz CT molecular complexity index is 1030. The quantitative estimate of drug-likeness (QED) is 0.540. The van der Waals surface area contributed by atoms with Crippen molar-refractivity contribution in [2.75, 3.05) is 13.9 Å². The molecule has 30 heavy (non-hydrogen) atoms. The minimum atomic E-state index is -0.285. The van der Waals surface area contributed by atoms with Crippen LogP contribution in [0.5, 0.6) is 23.0 Å². The standard InChI is InChI=1S/C23H21ClFNO4/c1-27-22-10-17(12-26-11-16-4-7-20-21(9-16)30-14-29-20)8-19(24)23(22)28-13-15-2-5-18(25)6-3-15/h2-10,26H,11-14H2,1H3. The van der Waals surface area contributed by atoms with Crippen LogP contribution in [0.2, 0.25) is 5.02 Å². The Morgan fingerprint density at radius 2 is 1.67 bits per heavy atom. The van der Waals surface area contributed by atoms with E-state index in [1.165, 1.54) is 12.1 Å². The van der Waals surface area contributed by atoms with E-state index in [-0.39, 0.29) is 19.2 Å². The third-order valence-corrected chi connectivity index (χ3v) is 4.96. The summed E-state index contributed by atoms with van der Waals surface area (Å²) in [6.07, 6.45) is 0. The number of methoxy groups -OCH3 is 1. The second-order valence-electron chi connectivity index (χ2n) is 6.82. The van der Waals surface area contributed by atoms with Gasteiger partial charge >= 0.3 is 0 Å². The maximum Gasteiger partial charge on any atom is 0.231 e. The minimum Gasteiger partial charge on any atom is -0.493 e. The predicted molar refractivity (Wildman–Crippen MR) is 112 cm³/mol. The molecular weight excluding hydrogens is 409 g/mol. The first-order chi connectivity index (χ1) is 14.6. The highest BCUT2D eigenvalue weighted by atomic mass is 35.5. The van der Waals surface area contributed by atoms with Gasteiger partial charge in [-0.2, -0.15) is 0 Å². The molecule has 3 aromatic rings. The molecule has 4 rings (SSSR count). The zero-order valence-electron chi connectivity index (χ0n) is 16.4. The van der Waals surface area contributed by atoms with E-state index in [4.69, 9.17) is 30.5 Å². The highest BCUT2D eigenvalue weighted by Crippen LogP contribution is 2.37. The summed E-state index contributed by atoms with van der Waals surface area (Å²) in [7, 11) is 1.57. The van der Waals surface area contributed by atoms with E-state index in [0.29, 0.717) is 29.6 Å². The Kier molecular flexibility index (Phi) is 6.26. The van der Waals surface area contributed by atoms with Gasteiger partial charge in [0, 0.05) is 13.1 Å². The van der Waals surface area contributed by atoms with Crippen LogP contribution in [0, 0.1) is 5.82 Å². The van der Waals surface area contributed by atoms with Crippen molar-refractivity contribution in [2.45, 2.75) is 19.7 Å². The van der Waals surface area contributed by atoms with Gasteiger partial charge in [0.05, 0.1) is 12.1 Å². The van der Waals surface area contributed by atoms with Crippen molar-refractivity contribution >= 4 is 11.6 Å². The van der Waals surface area contributed by atoms with Crippen molar-refractivity contribution in [3.63, 3.8) is 0 Å². The zero-order chi connectivity index (χ0) is 20.9. The van der Waals surface area contributed by atoms with Crippen LogP contribution in [-0.2, 0) is 19.7 Å². The second kappa shape index (κ2) is 9.24. The van der Waals surface area contributed by atoms with Crippen LogP contribution in [0.25, 0.3) is 0 Å². The average molecular weight is 430 g/mol. The molecule has 1 N–H and O–H groups in total. The lowest BCUT2D eigenvalue weighted by Crippen LogP contribution is -2.13. The van der Waals surface area contributed by atoms with E-state index in [0.717, 1.165) is 28.2 Å². The van der Waals surface area contributed by atoms with Gasteiger partial charge in [-0.15, -0.1) is 0 Å². The molecule has 0 aromatic heterocycles. The Morgan fingerprint density at radius 1 is 0.933 bits per heavy atom. The predicted octanol–water partition coefficient (Wildman–Crippen LogP) is 5.09. The smallest absolute Gasteiger partial charge is 0.231 e. The molecule has 0 unspecified atom stereocenters. The lowest BCUT2D eigenvalue weighted by Gasteiger charge is -2.15. The average Bonchev–Trinajstić information content (AvgIpc) is 3.22. The Balaban J connectivity index is 1.38. The molecule has 0 spiro atoms. The van der Waals surface area contributed by atoms with Crippen LogP contribution in [0.4, 0.5) is 4.39 Å². The van der Waals surface area contributed by atoms with Crippen LogP contribution in [0.1, 0.15) is 16.7 Å². The number of benzene rings is 3. The Hall–Kier alpha value is -2.96. The summed E-state index contributed by atoms with van der Waals surface area (Å²) in [4.78, 5) is 0. The summed E-state index contributed by atoms with van der Waals surface area (Å²) in [6, 6.07) is 15.7. The fraction of sp³-hybridized carbons (Fsp3) is 0.217. The topological polar surface area (TPSA) is 49.0 Å². The molecule has 3 aromatic carbocycles. The molecule has 7 heteroatoms. The molecule has 1 heterocycles. The molecule has 1 aliphatic rings. The number of halogens is 2. The van der Waals surface area contributed by atoms with Gasteiger partial charge in [-0.1, -0.05) is 29.8 Å². The second-order valence-corrected chi connectivity index (χ2v) is 7.22. The van der Waals surface area contributed by atoms with Gasteiger partial charge in [-0.3, -0.25) is 0 Å². The Labute approximate surface area is 179 Å². The molecule has 0 saturated heterocycles. The molecule has 1 aliphatic heterocycles. The van der Waals surface area contributed by atoms with Crippen LogP contribution >= 0.6 is 11.6 Å². The zero-order valence-corrected chi connectivity index (χ0v) is 17.2. The van der Waals surface area contributed by atoms with Crippen LogP contribution in [0.3, 0.4) is 0 Å². The lowest BCUT2D eigenvalue weighted by molar-refractivity contribution is 0.174. The minimum absolute atomic E-state index is 0.262. The van der Waals surface area contributed by atoms with Crippen LogP contribution in [0.15, 0.2) is 54.6 Å². The highest BCUT2D eigenvalue weighted by molar-refractivity contribution is 6.32. The van der Waals surface area contributed by atoms with Gasteiger partial charge in [0.15, 0.2) is 23.0 Å². The van der Waals surface area contributed by atoms with Crippen molar-refractivity contribution < 1.29 is 23.3 Å². The monoisotopic (exact) mass is 429 g/mol. The SMILES string of the molecule is COc1cc(CNCc2ccc3c(c2)OCO3)cc(Cl)c1OCc1ccc(F)cc1. The maximum atomic E-state index is 13.0. The number of fused-ring (bicyclic) bond motifs is 1. The number of rotatable bonds is 8. The van der Waals surface area contributed by atoms with Crippen molar-refractivity contribution in [3.8, 4) is 23.0 Å². The maximum absolute atomic E-state index is 13.0. The molecule has 0 atom stereocenters. The first-order valence-electron chi connectivity index (χ1n) is 9.45. The van der Waals surface area contributed by atoms with Gasteiger partial charge in [0.2, 0.25) is 6.79 Å². The molecule has 0 aliphatic carbocycles. The largest absolute Gasteiger partial charge is 0.493 e. The van der Waals surface area contributed by atoms with Crippen LogP contribution < -0.4 is 24.3 Å². The fourth-order valence-electron chi connectivity index (χ4n) is 3.15. The number of nitrogens with one attached hydrogen (secondary N) is 1. The van der Waals surface area contributed by atoms with E-state index in [9.17, 15) is 4.39 Å². The van der Waals surface area contributed by atoms with E-state index in [2.05, 4.69) is 5.32 Å². The van der Waals surface area contributed by atoms with E-state index in [1.807, 2.05) is 30.3 Å². The first kappa shape index (κ1) is 20.3. The summed E-state index contributed by atoms with van der Waals surface area (Å²) in [5.41, 5.74) is 2.90. The third-order valence-electron chi connectivity index (χ3n) is 4.68. The van der Waals surface area contributed by atoms with Crippen LogP contribution in [-0.4, -0.2) is 13.9 Å². The summed E-state index contributed by atoms with van der Waals surface area (Å²) < 4.78 is 35.1. The van der Waals surface area contributed by atoms with Gasteiger partial charge in [0.25, 0.3) is 0 Å². The van der Waals surface area contributed by atoms with E-state index >= 15 is 0 Å². The normalized spacial score (nSPS) is 12.1. The third kappa shape index (κ3) is 4.78. The molecule has 156 valence electrons. The van der Waals surface area contributed by atoms with Crippen molar-refractivity contribution in [1.29, 1.82) is 0 Å². The molecule has 0 bridgehead atoms. The first-order valence-corrected chi connectivity index (χ1v) is 9.83. The summed E-state index contributed by atoms with van der Waals surface area (Å²) >= 11 is 6.44. The van der Waals surface area contributed by atoms with Gasteiger partial charge < -0.3 is 24.3 Å². The van der Waals surface area contributed by atoms with Gasteiger partial charge in [-0.05, 0) is 53.1 Å². The summed E-state index contributed by atoms with van der Waals surface area (Å²) in [6.45, 7) is 1.79. The molecule has 5 nitrogen and oxygen atoms in total. The molecule has 0 saturated carbocycles. The molecule has 0 radical (unpaired) electrons. The number of ether oxygens (including phenoxy) is 4. The number of hydrogen-bond donors (Lipinski definition) is 1. The van der Waals surface area contributed by atoms with Gasteiger partial charge in [0.1, 0.15) is 12.4 Å². The van der Waals surface area contributed by atoms with Crippen molar-refractivity contribution in [3.05, 3.63) is 82.1 Å².